The molecule has 0 spiro atoms. The monoisotopic (exact) mass is 244 g/mol. The van der Waals surface area contributed by atoms with Crippen LogP contribution in [0.5, 0.6) is 0 Å². The normalized spacial score (nSPS) is 12.8. The van der Waals surface area contributed by atoms with Crippen LogP contribution >= 0.6 is 0 Å². The Balaban J connectivity index is 2.81. The van der Waals surface area contributed by atoms with Crippen molar-refractivity contribution in [2.45, 2.75) is 6.92 Å². The summed E-state index contributed by atoms with van der Waals surface area (Å²) in [5.41, 5.74) is 1.85. The third kappa shape index (κ3) is 4.29. The van der Waals surface area contributed by atoms with Crippen molar-refractivity contribution in [3.05, 3.63) is 65.5 Å². The van der Waals surface area contributed by atoms with Crippen LogP contribution in [-0.4, -0.2) is 18.2 Å². The van der Waals surface area contributed by atoms with Crippen LogP contribution in [0.3, 0.4) is 0 Å². The number of allylic oxidation sites excluding steroid dienone is 2. The van der Waals surface area contributed by atoms with Crippen molar-refractivity contribution in [2.75, 3.05) is 7.11 Å². The Morgan fingerprint density at radius 2 is 1.94 bits per heavy atom. The highest BCUT2D eigenvalue weighted by Crippen LogP contribution is 2.10. The Kier molecular flexibility index (Phi) is 5.45. The second-order valence-corrected chi connectivity index (χ2v) is 3.69. The lowest BCUT2D eigenvalue weighted by molar-refractivity contribution is -0.132. The molecule has 94 valence electrons. The first-order valence-corrected chi connectivity index (χ1v) is 5.52. The summed E-state index contributed by atoms with van der Waals surface area (Å²) < 4.78 is 4.74. The Labute approximate surface area is 107 Å². The molecule has 18 heavy (non-hydrogen) atoms. The smallest absolute Gasteiger partial charge is 0.339 e. The molecule has 0 saturated carbocycles. The first-order chi connectivity index (χ1) is 8.65. The highest BCUT2D eigenvalue weighted by molar-refractivity contribution is 5.91. The van der Waals surface area contributed by atoms with Gasteiger partial charge in [-0.3, -0.25) is 0 Å². The molecule has 0 unspecified atom stereocenters. The molecule has 1 N–H and O–H groups in total. The molecule has 0 aliphatic rings. The molecular weight excluding hydrogens is 228 g/mol. The first kappa shape index (κ1) is 13.8. The fourth-order valence-electron chi connectivity index (χ4n) is 1.39. The summed E-state index contributed by atoms with van der Waals surface area (Å²) in [7, 11) is 1.43. The van der Waals surface area contributed by atoms with Crippen molar-refractivity contribution in [2.24, 2.45) is 0 Å². The quantitative estimate of drug-likeness (QED) is 0.491. The van der Waals surface area contributed by atoms with Crippen LogP contribution in [-0.2, 0) is 9.53 Å². The topological polar surface area (TPSA) is 46.5 Å². The summed E-state index contributed by atoms with van der Waals surface area (Å²) in [4.78, 5) is 11.0. The van der Waals surface area contributed by atoms with Gasteiger partial charge in [-0.05, 0) is 18.1 Å². The van der Waals surface area contributed by atoms with Crippen LogP contribution in [0, 0.1) is 0 Å². The lowest BCUT2D eigenvalue weighted by Gasteiger charge is -2.00. The van der Waals surface area contributed by atoms with Gasteiger partial charge in [-0.1, -0.05) is 48.6 Å². The number of hydrogen-bond donors (Lipinski definition) is 1. The number of carbonyl (C=O) groups is 1. The Hall–Kier alpha value is -2.29. The predicted molar refractivity (Wildman–Crippen MR) is 72.0 cm³/mol. The largest absolute Gasteiger partial charge is 0.503 e. The van der Waals surface area contributed by atoms with Crippen molar-refractivity contribution in [1.82, 2.24) is 0 Å². The zero-order chi connectivity index (χ0) is 13.4. The first-order valence-electron chi connectivity index (χ1n) is 5.52. The maximum absolute atomic E-state index is 11.0. The standard InChI is InChI=1S/C15H16O3/c1-12(14(11-18-2)15(16)17)7-6-10-13-8-4-3-5-9-13/h3-11H,1-2H3,(H,16,17). The maximum atomic E-state index is 11.0. The zero-order valence-electron chi connectivity index (χ0n) is 10.5. The van der Waals surface area contributed by atoms with Crippen molar-refractivity contribution < 1.29 is 14.6 Å². The van der Waals surface area contributed by atoms with Gasteiger partial charge >= 0.3 is 5.97 Å². The minimum absolute atomic E-state index is 0.148. The fourth-order valence-corrected chi connectivity index (χ4v) is 1.39. The van der Waals surface area contributed by atoms with E-state index in [1.54, 1.807) is 13.0 Å². The van der Waals surface area contributed by atoms with E-state index in [-0.39, 0.29) is 5.57 Å². The van der Waals surface area contributed by atoms with Gasteiger partial charge in [0.1, 0.15) is 0 Å². The van der Waals surface area contributed by atoms with Gasteiger partial charge in [0.2, 0.25) is 0 Å². The van der Waals surface area contributed by atoms with E-state index >= 15 is 0 Å². The highest BCUT2D eigenvalue weighted by atomic mass is 16.5. The second kappa shape index (κ2) is 7.12. The summed E-state index contributed by atoms with van der Waals surface area (Å²) in [6, 6.07) is 9.79. The van der Waals surface area contributed by atoms with Crippen molar-refractivity contribution >= 4 is 12.0 Å². The lowest BCUT2D eigenvalue weighted by atomic mass is 10.1. The van der Waals surface area contributed by atoms with Crippen molar-refractivity contribution in [1.29, 1.82) is 0 Å². The number of methoxy groups -OCH3 is 1. The van der Waals surface area contributed by atoms with Gasteiger partial charge in [-0.2, -0.15) is 0 Å². The molecule has 3 heteroatoms. The minimum atomic E-state index is -1.00. The van der Waals surface area contributed by atoms with Crippen LogP contribution < -0.4 is 0 Å². The molecule has 0 bridgehead atoms. The van der Waals surface area contributed by atoms with Crippen molar-refractivity contribution in [3.63, 3.8) is 0 Å². The average Bonchev–Trinajstić information content (AvgIpc) is 2.36. The third-order valence-corrected chi connectivity index (χ3v) is 2.33. The van der Waals surface area contributed by atoms with E-state index < -0.39 is 5.97 Å². The molecule has 0 fully saturated rings. The van der Waals surface area contributed by atoms with Crippen LogP contribution in [0.2, 0.25) is 0 Å². The number of benzene rings is 1. The van der Waals surface area contributed by atoms with E-state index in [9.17, 15) is 4.79 Å². The van der Waals surface area contributed by atoms with E-state index in [1.165, 1.54) is 13.4 Å². The second-order valence-electron chi connectivity index (χ2n) is 3.69. The molecule has 0 heterocycles. The van der Waals surface area contributed by atoms with E-state index in [1.807, 2.05) is 42.5 Å². The lowest BCUT2D eigenvalue weighted by Crippen LogP contribution is -2.02. The number of carboxylic acids is 1. The molecule has 0 radical (unpaired) electrons. The van der Waals surface area contributed by atoms with E-state index in [0.29, 0.717) is 5.57 Å². The van der Waals surface area contributed by atoms with E-state index in [2.05, 4.69) is 0 Å². The number of aliphatic carboxylic acids is 1. The predicted octanol–water partition coefficient (Wildman–Crippen LogP) is 3.26. The Morgan fingerprint density at radius 1 is 1.28 bits per heavy atom. The average molecular weight is 244 g/mol. The van der Waals surface area contributed by atoms with Gasteiger partial charge < -0.3 is 9.84 Å². The number of rotatable bonds is 5. The highest BCUT2D eigenvalue weighted by Gasteiger charge is 2.08. The molecule has 1 aromatic carbocycles. The van der Waals surface area contributed by atoms with Gasteiger partial charge in [-0.15, -0.1) is 0 Å². The van der Waals surface area contributed by atoms with Gasteiger partial charge in [0.15, 0.2) is 0 Å². The molecule has 0 aliphatic carbocycles. The summed E-state index contributed by atoms with van der Waals surface area (Å²) in [5.74, 6) is -1.00. The third-order valence-electron chi connectivity index (χ3n) is 2.33. The summed E-state index contributed by atoms with van der Waals surface area (Å²) in [5, 5.41) is 8.98. The van der Waals surface area contributed by atoms with Crippen LogP contribution in [0.15, 0.2) is 59.9 Å². The van der Waals surface area contributed by atoms with Crippen LogP contribution in [0.1, 0.15) is 12.5 Å². The molecule has 0 saturated heterocycles. The number of ether oxygens (including phenoxy) is 1. The van der Waals surface area contributed by atoms with Crippen molar-refractivity contribution in [3.8, 4) is 0 Å². The molecule has 0 aliphatic heterocycles. The summed E-state index contributed by atoms with van der Waals surface area (Å²) >= 11 is 0. The van der Waals surface area contributed by atoms with Gasteiger partial charge in [-0.25, -0.2) is 4.79 Å². The number of carboxylic acid groups (broad SMARTS) is 1. The summed E-state index contributed by atoms with van der Waals surface area (Å²) in [6.07, 6.45) is 6.70. The molecule has 0 atom stereocenters. The molecule has 1 rings (SSSR count). The van der Waals surface area contributed by atoms with Gasteiger partial charge in [0.25, 0.3) is 0 Å². The number of hydrogen-bond acceptors (Lipinski definition) is 2. The maximum Gasteiger partial charge on any atom is 0.339 e. The summed E-state index contributed by atoms with van der Waals surface area (Å²) in [6.45, 7) is 1.73. The molecule has 0 aromatic heterocycles. The van der Waals surface area contributed by atoms with Crippen LogP contribution in [0.4, 0.5) is 0 Å². The SMILES string of the molecule is COC=C(C(=O)O)C(C)=CC=Cc1ccccc1. The molecule has 3 nitrogen and oxygen atoms in total. The zero-order valence-corrected chi connectivity index (χ0v) is 10.5. The Bertz CT molecular complexity index is 482. The van der Waals surface area contributed by atoms with Crippen LogP contribution in [0.25, 0.3) is 6.08 Å². The van der Waals surface area contributed by atoms with E-state index in [4.69, 9.17) is 9.84 Å². The van der Waals surface area contributed by atoms with Gasteiger partial charge in [0, 0.05) is 0 Å². The molecule has 0 amide bonds. The van der Waals surface area contributed by atoms with E-state index in [0.717, 1.165) is 5.56 Å². The Morgan fingerprint density at radius 3 is 2.50 bits per heavy atom. The molecule has 1 aromatic rings. The minimum Gasteiger partial charge on any atom is -0.503 e. The van der Waals surface area contributed by atoms with Gasteiger partial charge in [0.05, 0.1) is 18.9 Å². The molecular formula is C15H16O3. The fraction of sp³-hybridized carbons (Fsp3) is 0.133.